The number of rotatable bonds is 6. The van der Waals surface area contributed by atoms with Crippen molar-refractivity contribution in [3.05, 3.63) is 41.6 Å². The first kappa shape index (κ1) is 23.5. The fraction of sp³-hybridized carbons (Fsp3) is 0.556. The van der Waals surface area contributed by atoms with Gasteiger partial charge in [0.1, 0.15) is 5.76 Å². The first-order chi connectivity index (χ1) is 13.4. The zero-order valence-corrected chi connectivity index (χ0v) is 18.7. The van der Waals surface area contributed by atoms with E-state index in [0.29, 0.717) is 12.5 Å². The summed E-state index contributed by atoms with van der Waals surface area (Å²) in [4.78, 5) is 6.45. The molecule has 2 aromatic heterocycles. The molecule has 1 aliphatic rings. The molecule has 0 aliphatic carbocycles. The Morgan fingerprint density at radius 3 is 2.62 bits per heavy atom. The second-order valence-electron chi connectivity index (χ2n) is 6.76. The maximum atomic E-state index is 13.1. The van der Waals surface area contributed by atoms with Gasteiger partial charge in [-0.2, -0.15) is 18.3 Å². The van der Waals surface area contributed by atoms with Crippen LogP contribution >= 0.6 is 24.0 Å². The van der Waals surface area contributed by atoms with Gasteiger partial charge in [-0.3, -0.25) is 14.6 Å². The van der Waals surface area contributed by atoms with E-state index in [2.05, 4.69) is 25.6 Å². The quantitative estimate of drug-likeness (QED) is 0.344. The van der Waals surface area contributed by atoms with Gasteiger partial charge in [-0.1, -0.05) is 0 Å². The lowest BCUT2D eigenvalue weighted by Gasteiger charge is -2.26. The van der Waals surface area contributed by atoms with Crippen molar-refractivity contribution >= 4 is 29.9 Å². The van der Waals surface area contributed by atoms with Crippen LogP contribution in [0.15, 0.2) is 34.0 Å². The maximum Gasteiger partial charge on any atom is 0.435 e. The molecule has 0 radical (unpaired) electrons. The summed E-state index contributed by atoms with van der Waals surface area (Å²) in [5, 5.41) is 9.66. The maximum absolute atomic E-state index is 13.1. The van der Waals surface area contributed by atoms with E-state index in [4.69, 9.17) is 4.42 Å². The van der Waals surface area contributed by atoms with Gasteiger partial charge in [0.15, 0.2) is 11.7 Å². The van der Waals surface area contributed by atoms with Crippen molar-refractivity contribution in [2.75, 3.05) is 26.7 Å². The van der Waals surface area contributed by atoms with E-state index in [-0.39, 0.29) is 42.1 Å². The summed E-state index contributed by atoms with van der Waals surface area (Å²) in [5.74, 6) is 1.28. The molecule has 1 unspecified atom stereocenters. The molecule has 3 rings (SSSR count). The first-order valence-corrected chi connectivity index (χ1v) is 9.20. The van der Waals surface area contributed by atoms with Crippen LogP contribution in [0.2, 0.25) is 0 Å². The molecule has 1 saturated heterocycles. The Labute approximate surface area is 184 Å². The molecule has 0 bridgehead atoms. The van der Waals surface area contributed by atoms with Crippen molar-refractivity contribution in [1.82, 2.24) is 25.3 Å². The fourth-order valence-corrected chi connectivity index (χ4v) is 3.44. The summed E-state index contributed by atoms with van der Waals surface area (Å²) in [6, 6.07) is 3.83. The first-order valence-electron chi connectivity index (χ1n) is 9.20. The topological polar surface area (TPSA) is 70.6 Å². The van der Waals surface area contributed by atoms with Gasteiger partial charge in [0.25, 0.3) is 0 Å². The summed E-state index contributed by atoms with van der Waals surface area (Å²) < 4.78 is 46.0. The van der Waals surface area contributed by atoms with Crippen molar-refractivity contribution in [2.24, 2.45) is 12.0 Å². The third kappa shape index (κ3) is 6.11. The van der Waals surface area contributed by atoms with E-state index in [0.717, 1.165) is 36.4 Å². The average Bonchev–Trinajstić information content (AvgIpc) is 3.39. The summed E-state index contributed by atoms with van der Waals surface area (Å²) >= 11 is 0. The van der Waals surface area contributed by atoms with E-state index < -0.39 is 11.9 Å². The van der Waals surface area contributed by atoms with Crippen LogP contribution in [0.25, 0.3) is 0 Å². The molecule has 0 amide bonds. The smallest absolute Gasteiger partial charge is 0.435 e. The molecule has 1 atom stereocenters. The van der Waals surface area contributed by atoms with Gasteiger partial charge in [0.05, 0.1) is 12.3 Å². The fourth-order valence-electron chi connectivity index (χ4n) is 3.44. The minimum Gasteiger partial charge on any atom is -0.468 e. The number of aliphatic imine (C=N–C) groups is 1. The van der Waals surface area contributed by atoms with Crippen molar-refractivity contribution in [2.45, 2.75) is 31.6 Å². The van der Waals surface area contributed by atoms with Crippen LogP contribution in [0.4, 0.5) is 13.2 Å². The van der Waals surface area contributed by atoms with E-state index in [1.807, 2.05) is 12.1 Å². The number of likely N-dealkylation sites (tertiary alicyclic amines) is 1. The Kier molecular flexibility index (Phi) is 8.37. The van der Waals surface area contributed by atoms with E-state index >= 15 is 0 Å². The summed E-state index contributed by atoms with van der Waals surface area (Å²) in [5.41, 5.74) is -0.816. The molecule has 0 spiro atoms. The lowest BCUT2D eigenvalue weighted by molar-refractivity contribution is -0.142. The molecule has 162 valence electrons. The van der Waals surface area contributed by atoms with Crippen LogP contribution in [0.5, 0.6) is 0 Å². The number of nitrogens with zero attached hydrogens (tertiary/aromatic N) is 4. The van der Waals surface area contributed by atoms with Gasteiger partial charge in [-0.15, -0.1) is 24.0 Å². The monoisotopic (exact) mass is 526 g/mol. The predicted octanol–water partition coefficient (Wildman–Crippen LogP) is 3.15. The predicted molar refractivity (Wildman–Crippen MR) is 114 cm³/mol. The molecule has 3 heterocycles. The summed E-state index contributed by atoms with van der Waals surface area (Å²) in [6.45, 7) is 2.48. The Balaban J connectivity index is 0.00000300. The minimum absolute atomic E-state index is 0. The van der Waals surface area contributed by atoms with Gasteiger partial charge in [-0.05, 0) is 38.1 Å². The van der Waals surface area contributed by atoms with Crippen molar-refractivity contribution in [1.29, 1.82) is 0 Å². The van der Waals surface area contributed by atoms with E-state index in [1.165, 1.54) is 13.2 Å². The molecule has 2 N–H and O–H groups in total. The van der Waals surface area contributed by atoms with Gasteiger partial charge >= 0.3 is 6.18 Å². The molecule has 2 aromatic rings. The highest BCUT2D eigenvalue weighted by Gasteiger charge is 2.36. The molecular weight excluding hydrogens is 500 g/mol. The number of halogens is 4. The van der Waals surface area contributed by atoms with Gasteiger partial charge in [0.2, 0.25) is 0 Å². The van der Waals surface area contributed by atoms with Gasteiger partial charge < -0.3 is 15.1 Å². The highest BCUT2D eigenvalue weighted by molar-refractivity contribution is 14.0. The average molecular weight is 526 g/mol. The molecule has 1 aliphatic heterocycles. The molecular formula is C18H26F3IN6O. The van der Waals surface area contributed by atoms with Crippen molar-refractivity contribution in [3.8, 4) is 0 Å². The van der Waals surface area contributed by atoms with E-state index in [1.54, 1.807) is 13.3 Å². The van der Waals surface area contributed by atoms with Crippen LogP contribution < -0.4 is 10.6 Å². The van der Waals surface area contributed by atoms with Gasteiger partial charge in [-0.25, -0.2) is 0 Å². The van der Waals surface area contributed by atoms with Crippen molar-refractivity contribution in [3.63, 3.8) is 0 Å². The molecule has 1 fully saturated rings. The number of aromatic nitrogens is 2. The number of aryl methyl sites for hydroxylation is 1. The number of nitrogens with one attached hydrogen (secondary N) is 2. The van der Waals surface area contributed by atoms with Crippen LogP contribution in [0.1, 0.15) is 35.9 Å². The standard InChI is InChI=1S/C18H25F3N6O.HI/c1-22-17(23-10-13-12-26(2)25-16(13)18(19,20)21)24-11-14(15-6-5-9-28-15)27-7-3-4-8-27;/h5-6,9,12,14H,3-4,7-8,10-11H2,1-2H3,(H2,22,23,24);1H. The van der Waals surface area contributed by atoms with Crippen LogP contribution in [-0.4, -0.2) is 47.3 Å². The minimum atomic E-state index is -4.49. The lowest BCUT2D eigenvalue weighted by Crippen LogP contribution is -2.42. The Hall–Kier alpha value is -1.76. The zero-order chi connectivity index (χ0) is 20.1. The second-order valence-corrected chi connectivity index (χ2v) is 6.76. The number of hydrogen-bond acceptors (Lipinski definition) is 4. The number of furan rings is 1. The number of hydrogen-bond donors (Lipinski definition) is 2. The SMILES string of the molecule is CN=C(NCc1cn(C)nc1C(F)(F)F)NCC(c1ccco1)N1CCCC1.I. The largest absolute Gasteiger partial charge is 0.468 e. The Morgan fingerprint density at radius 2 is 2.03 bits per heavy atom. The number of alkyl halides is 3. The van der Waals surface area contributed by atoms with Gasteiger partial charge in [0, 0.05) is 38.9 Å². The van der Waals surface area contributed by atoms with E-state index in [9.17, 15) is 13.2 Å². The highest BCUT2D eigenvalue weighted by Crippen LogP contribution is 2.30. The van der Waals surface area contributed by atoms with Crippen LogP contribution in [0.3, 0.4) is 0 Å². The lowest BCUT2D eigenvalue weighted by atomic mass is 10.2. The molecule has 11 heteroatoms. The third-order valence-electron chi connectivity index (χ3n) is 4.76. The Bertz CT molecular complexity index is 784. The van der Waals surface area contributed by atoms with Crippen molar-refractivity contribution < 1.29 is 17.6 Å². The van der Waals surface area contributed by atoms with Crippen LogP contribution in [-0.2, 0) is 19.8 Å². The van der Waals surface area contributed by atoms with Crippen LogP contribution in [0, 0.1) is 0 Å². The third-order valence-corrected chi connectivity index (χ3v) is 4.76. The second kappa shape index (κ2) is 10.3. The summed E-state index contributed by atoms with van der Waals surface area (Å²) in [7, 11) is 3.05. The molecule has 0 saturated carbocycles. The Morgan fingerprint density at radius 1 is 1.31 bits per heavy atom. The normalized spacial score (nSPS) is 16.5. The molecule has 29 heavy (non-hydrogen) atoms. The molecule has 7 nitrogen and oxygen atoms in total. The highest BCUT2D eigenvalue weighted by atomic mass is 127. The number of guanidine groups is 1. The molecule has 0 aromatic carbocycles. The summed E-state index contributed by atoms with van der Waals surface area (Å²) in [6.07, 6.45) is 0.803. The zero-order valence-electron chi connectivity index (χ0n) is 16.4.